The van der Waals surface area contributed by atoms with Crippen molar-refractivity contribution >= 4 is 9.84 Å². The molecule has 100 valence electrons. The van der Waals surface area contributed by atoms with E-state index in [2.05, 4.69) is 37.4 Å². The lowest BCUT2D eigenvalue weighted by Crippen LogP contribution is -2.42. The molecule has 4 heteroatoms. The minimum atomic E-state index is -2.84. The van der Waals surface area contributed by atoms with Crippen LogP contribution in [0.15, 0.2) is 18.2 Å². The first-order valence-electron chi connectivity index (χ1n) is 6.31. The van der Waals surface area contributed by atoms with E-state index in [0.717, 1.165) is 6.54 Å². The molecule has 1 N–H and O–H groups in total. The largest absolute Gasteiger partial charge is 0.306 e. The van der Waals surface area contributed by atoms with Crippen LogP contribution in [0.4, 0.5) is 0 Å². The van der Waals surface area contributed by atoms with Crippen molar-refractivity contribution in [3.05, 3.63) is 34.9 Å². The zero-order valence-electron chi connectivity index (χ0n) is 11.3. The van der Waals surface area contributed by atoms with Crippen molar-refractivity contribution in [2.75, 3.05) is 11.5 Å². The van der Waals surface area contributed by atoms with Crippen LogP contribution in [-0.4, -0.2) is 25.5 Å². The highest BCUT2D eigenvalue weighted by molar-refractivity contribution is 7.91. The van der Waals surface area contributed by atoms with Gasteiger partial charge >= 0.3 is 0 Å². The SMILES string of the molecule is Cc1ccc(CNC2(C)CCS(=O)(=O)C2)c(C)c1. The molecule has 1 unspecified atom stereocenters. The monoisotopic (exact) mass is 267 g/mol. The average molecular weight is 267 g/mol. The molecule has 0 spiro atoms. The van der Waals surface area contributed by atoms with Gasteiger partial charge in [0.2, 0.25) is 0 Å². The second-order valence-electron chi connectivity index (χ2n) is 5.69. The van der Waals surface area contributed by atoms with E-state index in [1.165, 1.54) is 16.7 Å². The summed E-state index contributed by atoms with van der Waals surface area (Å²) in [5, 5.41) is 3.41. The topological polar surface area (TPSA) is 46.2 Å². The van der Waals surface area contributed by atoms with E-state index >= 15 is 0 Å². The zero-order chi connectivity index (χ0) is 13.4. The number of benzene rings is 1. The Morgan fingerprint density at radius 1 is 1.33 bits per heavy atom. The van der Waals surface area contributed by atoms with Gasteiger partial charge in [-0.1, -0.05) is 23.8 Å². The Kier molecular flexibility index (Phi) is 3.52. The molecule has 0 radical (unpaired) electrons. The fourth-order valence-corrected chi connectivity index (χ4v) is 4.63. The van der Waals surface area contributed by atoms with Crippen molar-refractivity contribution in [2.45, 2.75) is 39.3 Å². The van der Waals surface area contributed by atoms with Crippen molar-refractivity contribution in [1.29, 1.82) is 0 Å². The zero-order valence-corrected chi connectivity index (χ0v) is 12.1. The molecule has 1 saturated heterocycles. The van der Waals surface area contributed by atoms with Crippen LogP contribution < -0.4 is 5.32 Å². The second-order valence-corrected chi connectivity index (χ2v) is 7.87. The fraction of sp³-hybridized carbons (Fsp3) is 0.571. The molecule has 1 aromatic rings. The Balaban J connectivity index is 2.04. The number of rotatable bonds is 3. The molecular weight excluding hydrogens is 246 g/mol. The van der Waals surface area contributed by atoms with Crippen molar-refractivity contribution < 1.29 is 8.42 Å². The van der Waals surface area contributed by atoms with Gasteiger partial charge in [-0.2, -0.15) is 0 Å². The summed E-state index contributed by atoms with van der Waals surface area (Å²) in [7, 11) is -2.84. The van der Waals surface area contributed by atoms with Crippen LogP contribution in [0.5, 0.6) is 0 Å². The maximum Gasteiger partial charge on any atom is 0.152 e. The number of hydrogen-bond acceptors (Lipinski definition) is 3. The lowest BCUT2D eigenvalue weighted by molar-refractivity contribution is 0.395. The third-order valence-corrected chi connectivity index (χ3v) is 5.61. The van der Waals surface area contributed by atoms with Crippen LogP contribution in [0.1, 0.15) is 30.0 Å². The molecule has 1 atom stereocenters. The summed E-state index contributed by atoms with van der Waals surface area (Å²) in [4.78, 5) is 0. The van der Waals surface area contributed by atoms with Crippen molar-refractivity contribution in [2.24, 2.45) is 0 Å². The highest BCUT2D eigenvalue weighted by Gasteiger charge is 2.37. The van der Waals surface area contributed by atoms with E-state index < -0.39 is 9.84 Å². The van der Waals surface area contributed by atoms with Crippen LogP contribution >= 0.6 is 0 Å². The molecule has 3 nitrogen and oxygen atoms in total. The van der Waals surface area contributed by atoms with Gasteiger partial charge in [0.25, 0.3) is 0 Å². The van der Waals surface area contributed by atoms with E-state index in [0.29, 0.717) is 12.2 Å². The van der Waals surface area contributed by atoms with Gasteiger partial charge in [0.1, 0.15) is 0 Å². The summed E-state index contributed by atoms with van der Waals surface area (Å²) in [6.07, 6.45) is 0.709. The highest BCUT2D eigenvalue weighted by Crippen LogP contribution is 2.23. The predicted octanol–water partition coefficient (Wildman–Crippen LogP) is 1.97. The van der Waals surface area contributed by atoms with Crippen molar-refractivity contribution in [3.63, 3.8) is 0 Å². The van der Waals surface area contributed by atoms with Crippen molar-refractivity contribution in [3.8, 4) is 0 Å². The summed E-state index contributed by atoms with van der Waals surface area (Å²) in [5.41, 5.74) is 3.49. The Bertz CT molecular complexity index is 551. The minimum absolute atomic E-state index is 0.255. The Morgan fingerprint density at radius 3 is 2.61 bits per heavy atom. The van der Waals surface area contributed by atoms with E-state index in [-0.39, 0.29) is 11.3 Å². The minimum Gasteiger partial charge on any atom is -0.306 e. The highest BCUT2D eigenvalue weighted by atomic mass is 32.2. The maximum atomic E-state index is 11.5. The third kappa shape index (κ3) is 3.12. The van der Waals surface area contributed by atoms with Crippen LogP contribution in [0.3, 0.4) is 0 Å². The molecule has 1 fully saturated rings. The van der Waals surface area contributed by atoms with Crippen LogP contribution in [0.2, 0.25) is 0 Å². The van der Waals surface area contributed by atoms with Crippen molar-refractivity contribution in [1.82, 2.24) is 5.32 Å². The van der Waals surface area contributed by atoms with E-state index in [4.69, 9.17) is 0 Å². The fourth-order valence-electron chi connectivity index (χ4n) is 2.50. The van der Waals surface area contributed by atoms with Gasteiger partial charge in [-0.05, 0) is 38.3 Å². The summed E-state index contributed by atoms with van der Waals surface area (Å²) in [6.45, 7) is 6.91. The first-order valence-corrected chi connectivity index (χ1v) is 8.13. The van der Waals surface area contributed by atoms with Gasteiger partial charge in [0, 0.05) is 12.1 Å². The summed E-state index contributed by atoms with van der Waals surface area (Å²) in [6, 6.07) is 6.37. The van der Waals surface area contributed by atoms with Gasteiger partial charge in [0.05, 0.1) is 11.5 Å². The molecule has 1 heterocycles. The molecule has 0 saturated carbocycles. The maximum absolute atomic E-state index is 11.5. The molecule has 1 aliphatic heterocycles. The van der Waals surface area contributed by atoms with Gasteiger partial charge in [-0.3, -0.25) is 0 Å². The van der Waals surface area contributed by atoms with Crippen LogP contribution in [-0.2, 0) is 16.4 Å². The smallest absolute Gasteiger partial charge is 0.152 e. The lowest BCUT2D eigenvalue weighted by atomic mass is 10.00. The van der Waals surface area contributed by atoms with Crippen LogP contribution in [0.25, 0.3) is 0 Å². The average Bonchev–Trinajstić information content (AvgIpc) is 2.52. The molecule has 1 aromatic carbocycles. The van der Waals surface area contributed by atoms with Gasteiger partial charge in [-0.25, -0.2) is 8.42 Å². The summed E-state index contributed by atoms with van der Waals surface area (Å²) < 4.78 is 23.1. The second kappa shape index (κ2) is 4.67. The molecular formula is C14H21NO2S. The summed E-state index contributed by atoms with van der Waals surface area (Å²) in [5.74, 6) is 0.564. The number of sulfone groups is 1. The quantitative estimate of drug-likeness (QED) is 0.911. The normalized spacial score (nSPS) is 26.4. The first-order chi connectivity index (χ1) is 8.30. The standard InChI is InChI=1S/C14H21NO2S/c1-11-4-5-13(12(2)8-11)9-15-14(3)6-7-18(16,17)10-14/h4-5,8,15H,6-7,9-10H2,1-3H3. The Morgan fingerprint density at radius 2 is 2.06 bits per heavy atom. The number of aryl methyl sites for hydroxylation is 2. The molecule has 0 bridgehead atoms. The molecule has 0 aromatic heterocycles. The van der Waals surface area contributed by atoms with E-state index in [9.17, 15) is 8.42 Å². The van der Waals surface area contributed by atoms with Gasteiger partial charge in [0.15, 0.2) is 9.84 Å². The molecule has 0 amide bonds. The molecule has 1 aliphatic rings. The third-order valence-electron chi connectivity index (χ3n) is 3.71. The number of nitrogens with one attached hydrogen (secondary N) is 1. The molecule has 18 heavy (non-hydrogen) atoms. The van der Waals surface area contributed by atoms with Gasteiger partial charge < -0.3 is 5.32 Å². The Labute approximate surface area is 110 Å². The molecule has 0 aliphatic carbocycles. The van der Waals surface area contributed by atoms with E-state index in [1.54, 1.807) is 0 Å². The predicted molar refractivity (Wildman–Crippen MR) is 74.4 cm³/mol. The molecule has 2 rings (SSSR count). The summed E-state index contributed by atoms with van der Waals surface area (Å²) >= 11 is 0. The number of hydrogen-bond donors (Lipinski definition) is 1. The van der Waals surface area contributed by atoms with Crippen LogP contribution in [0, 0.1) is 13.8 Å². The van der Waals surface area contributed by atoms with Gasteiger partial charge in [-0.15, -0.1) is 0 Å². The Hall–Kier alpha value is -0.870. The van der Waals surface area contributed by atoms with E-state index in [1.807, 2.05) is 6.92 Å². The first kappa shape index (κ1) is 13.6. The lowest BCUT2D eigenvalue weighted by Gasteiger charge is -2.24.